The SMILES string of the molecule is CCCCCCCCCCCCOc1sc(C)cc1CC(=O)OCc1ccccc1. The van der Waals surface area contributed by atoms with Crippen LogP contribution in [0.4, 0.5) is 0 Å². The summed E-state index contributed by atoms with van der Waals surface area (Å²) in [6, 6.07) is 11.8. The van der Waals surface area contributed by atoms with Crippen LogP contribution in [0.2, 0.25) is 0 Å². The molecule has 1 aromatic carbocycles. The van der Waals surface area contributed by atoms with Gasteiger partial charge < -0.3 is 9.47 Å². The molecular weight excluding hydrogens is 392 g/mol. The first-order valence-electron chi connectivity index (χ1n) is 11.6. The predicted octanol–water partition coefficient (Wildman–Crippen LogP) is 7.64. The molecule has 1 aromatic heterocycles. The second-order valence-electron chi connectivity index (χ2n) is 8.02. The van der Waals surface area contributed by atoms with E-state index in [9.17, 15) is 4.79 Å². The third kappa shape index (κ3) is 10.3. The zero-order valence-corrected chi connectivity index (χ0v) is 19.6. The van der Waals surface area contributed by atoms with Crippen molar-refractivity contribution in [2.45, 2.75) is 91.1 Å². The lowest BCUT2D eigenvalue weighted by atomic mass is 10.1. The van der Waals surface area contributed by atoms with E-state index in [4.69, 9.17) is 9.47 Å². The van der Waals surface area contributed by atoms with Gasteiger partial charge in [-0.3, -0.25) is 4.79 Å². The highest BCUT2D eigenvalue weighted by Gasteiger charge is 2.14. The topological polar surface area (TPSA) is 35.5 Å². The molecule has 0 aliphatic rings. The molecule has 0 saturated carbocycles. The lowest BCUT2D eigenvalue weighted by Crippen LogP contribution is -2.08. The van der Waals surface area contributed by atoms with Gasteiger partial charge in [0.1, 0.15) is 6.61 Å². The van der Waals surface area contributed by atoms with Crippen molar-refractivity contribution in [3.63, 3.8) is 0 Å². The average Bonchev–Trinajstić information content (AvgIpc) is 3.10. The molecule has 0 spiro atoms. The Balaban J connectivity index is 1.60. The van der Waals surface area contributed by atoms with Crippen molar-refractivity contribution in [3.05, 3.63) is 52.4 Å². The largest absolute Gasteiger partial charge is 0.484 e. The molecule has 2 rings (SSSR count). The van der Waals surface area contributed by atoms with E-state index in [1.54, 1.807) is 11.3 Å². The molecule has 2 aromatic rings. The van der Waals surface area contributed by atoms with Crippen molar-refractivity contribution in [3.8, 4) is 5.06 Å². The summed E-state index contributed by atoms with van der Waals surface area (Å²) < 4.78 is 11.4. The van der Waals surface area contributed by atoms with Crippen LogP contribution in [0.5, 0.6) is 5.06 Å². The predicted molar refractivity (Wildman–Crippen MR) is 126 cm³/mol. The number of ether oxygens (including phenoxy) is 2. The van der Waals surface area contributed by atoms with Gasteiger partial charge in [0.15, 0.2) is 5.06 Å². The highest BCUT2D eigenvalue weighted by molar-refractivity contribution is 7.14. The molecule has 1 heterocycles. The molecule has 0 unspecified atom stereocenters. The van der Waals surface area contributed by atoms with Crippen molar-refractivity contribution in [1.82, 2.24) is 0 Å². The number of unbranched alkanes of at least 4 members (excludes halogenated alkanes) is 9. The first-order chi connectivity index (χ1) is 14.7. The Morgan fingerprint density at radius 2 is 1.53 bits per heavy atom. The molecule has 0 bridgehead atoms. The van der Waals surface area contributed by atoms with E-state index in [0.717, 1.165) is 29.2 Å². The molecule has 0 atom stereocenters. The van der Waals surface area contributed by atoms with Crippen molar-refractivity contribution in [1.29, 1.82) is 0 Å². The molecule has 3 nitrogen and oxygen atoms in total. The van der Waals surface area contributed by atoms with Gasteiger partial charge in [-0.15, -0.1) is 11.3 Å². The minimum absolute atomic E-state index is 0.208. The number of thiophene rings is 1. The summed E-state index contributed by atoms with van der Waals surface area (Å²) in [4.78, 5) is 13.4. The van der Waals surface area contributed by atoms with Gasteiger partial charge >= 0.3 is 5.97 Å². The van der Waals surface area contributed by atoms with E-state index in [1.807, 2.05) is 36.4 Å². The van der Waals surface area contributed by atoms with E-state index >= 15 is 0 Å². The zero-order valence-electron chi connectivity index (χ0n) is 18.8. The summed E-state index contributed by atoms with van der Waals surface area (Å²) in [6.45, 7) is 5.36. The number of rotatable bonds is 16. The van der Waals surface area contributed by atoms with Gasteiger partial charge in [0.2, 0.25) is 0 Å². The Hall–Kier alpha value is -1.81. The second-order valence-corrected chi connectivity index (χ2v) is 9.24. The molecule has 0 amide bonds. The molecule has 166 valence electrons. The molecule has 0 N–H and O–H groups in total. The summed E-state index contributed by atoms with van der Waals surface area (Å²) >= 11 is 1.62. The molecule has 0 radical (unpaired) electrons. The van der Waals surface area contributed by atoms with Crippen LogP contribution in [0.1, 0.15) is 87.1 Å². The Labute approximate surface area is 186 Å². The number of aryl methyl sites for hydroxylation is 1. The first kappa shape index (κ1) is 24.5. The van der Waals surface area contributed by atoms with Crippen LogP contribution in [-0.4, -0.2) is 12.6 Å². The monoisotopic (exact) mass is 430 g/mol. The number of hydrogen-bond acceptors (Lipinski definition) is 4. The van der Waals surface area contributed by atoms with Gasteiger partial charge in [0.25, 0.3) is 0 Å². The molecule has 0 fully saturated rings. The van der Waals surface area contributed by atoms with Gasteiger partial charge in [-0.1, -0.05) is 95.0 Å². The molecule has 0 aliphatic heterocycles. The summed E-state index contributed by atoms with van der Waals surface area (Å²) in [5.74, 6) is -0.208. The van der Waals surface area contributed by atoms with Gasteiger partial charge in [0, 0.05) is 10.4 Å². The molecular formula is C26H38O3S. The minimum Gasteiger partial charge on any atom is -0.484 e. The third-order valence-corrected chi connectivity index (χ3v) is 6.21. The smallest absolute Gasteiger partial charge is 0.310 e. The van der Waals surface area contributed by atoms with Crippen LogP contribution in [0.25, 0.3) is 0 Å². The molecule has 0 saturated heterocycles. The first-order valence-corrected chi connectivity index (χ1v) is 12.4. The van der Waals surface area contributed by atoms with E-state index in [-0.39, 0.29) is 12.4 Å². The standard InChI is InChI=1S/C26H38O3S/c1-3-4-5-6-7-8-9-10-11-15-18-28-26-24(19-22(2)30-26)20-25(27)29-21-23-16-13-12-14-17-23/h12-14,16-17,19H,3-11,15,18,20-21H2,1-2H3. The van der Waals surface area contributed by atoms with Gasteiger partial charge in [-0.2, -0.15) is 0 Å². The Kier molecular flexibility index (Phi) is 12.3. The number of carbonyl (C=O) groups excluding carboxylic acids is 1. The average molecular weight is 431 g/mol. The fourth-order valence-corrected chi connectivity index (χ4v) is 4.39. The molecule has 4 heteroatoms. The van der Waals surface area contributed by atoms with Gasteiger partial charge in [-0.25, -0.2) is 0 Å². The highest BCUT2D eigenvalue weighted by Crippen LogP contribution is 2.31. The van der Waals surface area contributed by atoms with Crippen LogP contribution in [0.3, 0.4) is 0 Å². The maximum absolute atomic E-state index is 12.2. The van der Waals surface area contributed by atoms with Crippen LogP contribution >= 0.6 is 11.3 Å². The summed E-state index contributed by atoms with van der Waals surface area (Å²) in [7, 11) is 0. The fraction of sp³-hybridized carbons (Fsp3) is 0.577. The maximum atomic E-state index is 12.2. The number of carbonyl (C=O) groups is 1. The maximum Gasteiger partial charge on any atom is 0.310 e. The lowest BCUT2D eigenvalue weighted by Gasteiger charge is -2.08. The third-order valence-electron chi connectivity index (χ3n) is 5.20. The normalized spacial score (nSPS) is 10.9. The Bertz CT molecular complexity index is 708. The number of esters is 1. The lowest BCUT2D eigenvalue weighted by molar-refractivity contribution is -0.144. The van der Waals surface area contributed by atoms with Gasteiger partial charge in [0.05, 0.1) is 13.0 Å². The van der Waals surface area contributed by atoms with Crippen LogP contribution in [-0.2, 0) is 22.6 Å². The number of hydrogen-bond donors (Lipinski definition) is 0. The summed E-state index contributed by atoms with van der Waals surface area (Å²) in [6.07, 6.45) is 13.4. The summed E-state index contributed by atoms with van der Waals surface area (Å²) in [5, 5.41) is 0.875. The molecule has 30 heavy (non-hydrogen) atoms. The highest BCUT2D eigenvalue weighted by atomic mass is 32.1. The molecule has 0 aliphatic carbocycles. The van der Waals surface area contributed by atoms with Crippen LogP contribution < -0.4 is 4.74 Å². The van der Waals surface area contributed by atoms with Crippen molar-refractivity contribution >= 4 is 17.3 Å². The minimum atomic E-state index is -0.208. The van der Waals surface area contributed by atoms with E-state index < -0.39 is 0 Å². The zero-order chi connectivity index (χ0) is 21.4. The van der Waals surface area contributed by atoms with E-state index in [1.165, 1.54) is 62.7 Å². The van der Waals surface area contributed by atoms with E-state index in [0.29, 0.717) is 6.61 Å². The number of benzene rings is 1. The van der Waals surface area contributed by atoms with Crippen molar-refractivity contribution in [2.24, 2.45) is 0 Å². The van der Waals surface area contributed by atoms with Gasteiger partial charge in [-0.05, 0) is 25.0 Å². The van der Waals surface area contributed by atoms with Crippen LogP contribution in [0.15, 0.2) is 36.4 Å². The quantitative estimate of drug-likeness (QED) is 0.203. The fourth-order valence-electron chi connectivity index (χ4n) is 3.49. The van der Waals surface area contributed by atoms with Crippen LogP contribution in [0, 0.1) is 6.92 Å². The van der Waals surface area contributed by atoms with Crippen molar-refractivity contribution in [2.75, 3.05) is 6.61 Å². The summed E-state index contributed by atoms with van der Waals surface area (Å²) in [5.41, 5.74) is 1.95. The van der Waals surface area contributed by atoms with Crippen molar-refractivity contribution < 1.29 is 14.3 Å². The second kappa shape index (κ2) is 15.1. The Morgan fingerprint density at radius 3 is 2.20 bits per heavy atom. The Morgan fingerprint density at radius 1 is 0.900 bits per heavy atom. The van der Waals surface area contributed by atoms with E-state index in [2.05, 4.69) is 13.8 Å².